The van der Waals surface area contributed by atoms with Gasteiger partial charge >= 0.3 is 0 Å². The third kappa shape index (κ3) is 5.47. The van der Waals surface area contributed by atoms with Crippen LogP contribution >= 0.6 is 0 Å². The molecule has 2 atom stereocenters. The molecule has 2 unspecified atom stereocenters. The average Bonchev–Trinajstić information content (AvgIpc) is 2.68. The highest BCUT2D eigenvalue weighted by Gasteiger charge is 2.28. The van der Waals surface area contributed by atoms with Gasteiger partial charge in [0, 0.05) is 50.9 Å². The quantitative estimate of drug-likeness (QED) is 0.788. The lowest BCUT2D eigenvalue weighted by Gasteiger charge is -2.38. The normalized spacial score (nSPS) is 22.3. The standard InChI is InChI=1S/C19H27FN4O3/c1-14(19(26)22-16-4-2-3-15(20)11-16)23-6-8-24(9-7-23)18(25)12-17-13-27-10-5-21-17/h2-4,11,14,17,21H,5-10,12-13H2,1H3,(H,22,26). The van der Waals surface area contributed by atoms with E-state index in [4.69, 9.17) is 4.74 Å². The Hall–Kier alpha value is -2.03. The zero-order chi connectivity index (χ0) is 19.2. The summed E-state index contributed by atoms with van der Waals surface area (Å²) >= 11 is 0. The van der Waals surface area contributed by atoms with E-state index in [-0.39, 0.29) is 29.7 Å². The first-order valence-electron chi connectivity index (χ1n) is 9.42. The Kier molecular flexibility index (Phi) is 6.76. The van der Waals surface area contributed by atoms with Crippen molar-refractivity contribution in [2.24, 2.45) is 0 Å². The van der Waals surface area contributed by atoms with Gasteiger partial charge in [0.2, 0.25) is 11.8 Å². The van der Waals surface area contributed by atoms with Crippen LogP contribution in [0.3, 0.4) is 0 Å². The van der Waals surface area contributed by atoms with E-state index in [0.29, 0.717) is 51.5 Å². The molecule has 8 heteroatoms. The predicted octanol–water partition coefficient (Wildman–Crippen LogP) is 0.675. The molecular formula is C19H27FN4O3. The first kappa shape index (κ1) is 19.7. The maximum atomic E-state index is 13.2. The summed E-state index contributed by atoms with van der Waals surface area (Å²) in [4.78, 5) is 28.8. The van der Waals surface area contributed by atoms with E-state index >= 15 is 0 Å². The molecule has 1 aromatic rings. The molecule has 3 rings (SSSR count). The van der Waals surface area contributed by atoms with Gasteiger partial charge < -0.3 is 20.3 Å². The van der Waals surface area contributed by atoms with Crippen molar-refractivity contribution in [1.29, 1.82) is 0 Å². The first-order valence-corrected chi connectivity index (χ1v) is 9.42. The van der Waals surface area contributed by atoms with Crippen molar-refractivity contribution in [3.05, 3.63) is 30.1 Å². The lowest BCUT2D eigenvalue weighted by atomic mass is 10.1. The van der Waals surface area contributed by atoms with Crippen molar-refractivity contribution < 1.29 is 18.7 Å². The van der Waals surface area contributed by atoms with Crippen molar-refractivity contribution in [2.75, 3.05) is 51.3 Å². The van der Waals surface area contributed by atoms with Gasteiger partial charge in [-0.2, -0.15) is 0 Å². The van der Waals surface area contributed by atoms with Crippen molar-refractivity contribution in [3.8, 4) is 0 Å². The number of carbonyl (C=O) groups is 2. The van der Waals surface area contributed by atoms with Crippen molar-refractivity contribution in [3.63, 3.8) is 0 Å². The largest absolute Gasteiger partial charge is 0.378 e. The van der Waals surface area contributed by atoms with Crippen LogP contribution < -0.4 is 10.6 Å². The molecule has 2 saturated heterocycles. The zero-order valence-electron chi connectivity index (χ0n) is 15.6. The minimum absolute atomic E-state index is 0.0836. The summed E-state index contributed by atoms with van der Waals surface area (Å²) in [6.45, 7) is 6.35. The summed E-state index contributed by atoms with van der Waals surface area (Å²) in [5.74, 6) is -0.441. The van der Waals surface area contributed by atoms with E-state index in [2.05, 4.69) is 10.6 Å². The summed E-state index contributed by atoms with van der Waals surface area (Å²) in [5, 5.41) is 6.04. The number of morpholine rings is 1. The molecule has 7 nitrogen and oxygen atoms in total. The van der Waals surface area contributed by atoms with Gasteiger partial charge in [0.1, 0.15) is 5.82 Å². The average molecular weight is 378 g/mol. The van der Waals surface area contributed by atoms with Crippen LogP contribution in [0.15, 0.2) is 24.3 Å². The van der Waals surface area contributed by atoms with E-state index in [9.17, 15) is 14.0 Å². The summed E-state index contributed by atoms with van der Waals surface area (Å²) in [6, 6.07) is 5.59. The minimum Gasteiger partial charge on any atom is -0.378 e. The minimum atomic E-state index is -0.384. The van der Waals surface area contributed by atoms with Crippen LogP contribution in [0.5, 0.6) is 0 Å². The summed E-state index contributed by atoms with van der Waals surface area (Å²) in [6.07, 6.45) is 0.440. The topological polar surface area (TPSA) is 73.9 Å². The van der Waals surface area contributed by atoms with Crippen LogP contribution in [0.4, 0.5) is 10.1 Å². The number of anilines is 1. The van der Waals surface area contributed by atoms with Crippen LogP contribution in [-0.4, -0.2) is 79.6 Å². The van der Waals surface area contributed by atoms with Gasteiger partial charge in [0.15, 0.2) is 0 Å². The highest BCUT2D eigenvalue weighted by atomic mass is 19.1. The molecule has 0 radical (unpaired) electrons. The monoisotopic (exact) mass is 378 g/mol. The molecule has 0 spiro atoms. The second-order valence-electron chi connectivity index (χ2n) is 7.02. The molecular weight excluding hydrogens is 351 g/mol. The Bertz CT molecular complexity index is 658. The molecule has 0 aliphatic carbocycles. The van der Waals surface area contributed by atoms with E-state index in [0.717, 1.165) is 6.54 Å². The first-order chi connectivity index (χ1) is 13.0. The number of amides is 2. The van der Waals surface area contributed by atoms with Gasteiger partial charge in [-0.3, -0.25) is 14.5 Å². The van der Waals surface area contributed by atoms with E-state index in [1.807, 2.05) is 16.7 Å². The Morgan fingerprint density at radius 3 is 2.78 bits per heavy atom. The second-order valence-corrected chi connectivity index (χ2v) is 7.02. The van der Waals surface area contributed by atoms with Crippen molar-refractivity contribution in [2.45, 2.75) is 25.4 Å². The fourth-order valence-electron chi connectivity index (χ4n) is 3.43. The number of nitrogens with zero attached hydrogens (tertiary/aromatic N) is 2. The number of carbonyl (C=O) groups excluding carboxylic acids is 2. The van der Waals surface area contributed by atoms with Crippen LogP contribution in [0.1, 0.15) is 13.3 Å². The Morgan fingerprint density at radius 1 is 1.33 bits per heavy atom. The van der Waals surface area contributed by atoms with Gasteiger partial charge in [-0.1, -0.05) is 6.07 Å². The van der Waals surface area contributed by atoms with Gasteiger partial charge in [0.25, 0.3) is 0 Å². The maximum absolute atomic E-state index is 13.2. The second kappa shape index (κ2) is 9.25. The number of ether oxygens (including phenoxy) is 1. The van der Waals surface area contributed by atoms with Crippen molar-refractivity contribution >= 4 is 17.5 Å². The smallest absolute Gasteiger partial charge is 0.241 e. The molecule has 2 heterocycles. The molecule has 2 N–H and O–H groups in total. The van der Waals surface area contributed by atoms with Crippen LogP contribution in [0, 0.1) is 5.82 Å². The molecule has 148 valence electrons. The molecule has 0 bridgehead atoms. The van der Waals surface area contributed by atoms with Crippen LogP contribution in [0.2, 0.25) is 0 Å². The predicted molar refractivity (Wildman–Crippen MR) is 99.9 cm³/mol. The molecule has 2 amide bonds. The van der Waals surface area contributed by atoms with Crippen molar-refractivity contribution in [1.82, 2.24) is 15.1 Å². The third-order valence-corrected chi connectivity index (χ3v) is 5.11. The fourth-order valence-corrected chi connectivity index (χ4v) is 3.43. The molecule has 2 aliphatic heterocycles. The molecule has 0 aromatic heterocycles. The van der Waals surface area contributed by atoms with Gasteiger partial charge in [-0.15, -0.1) is 0 Å². The summed E-state index contributed by atoms with van der Waals surface area (Å²) in [5.41, 5.74) is 0.447. The van der Waals surface area contributed by atoms with Gasteiger partial charge in [-0.25, -0.2) is 4.39 Å². The fraction of sp³-hybridized carbons (Fsp3) is 0.579. The van der Waals surface area contributed by atoms with Gasteiger partial charge in [-0.05, 0) is 25.1 Å². The molecule has 1 aromatic carbocycles. The lowest BCUT2D eigenvalue weighted by molar-refractivity contribution is -0.135. The van der Waals surface area contributed by atoms with Crippen LogP contribution in [-0.2, 0) is 14.3 Å². The zero-order valence-corrected chi connectivity index (χ0v) is 15.6. The molecule has 2 fully saturated rings. The lowest BCUT2D eigenvalue weighted by Crippen LogP contribution is -2.55. The Labute approximate surface area is 158 Å². The molecule has 27 heavy (non-hydrogen) atoms. The van der Waals surface area contributed by atoms with E-state index < -0.39 is 0 Å². The number of halogens is 1. The summed E-state index contributed by atoms with van der Waals surface area (Å²) < 4.78 is 18.6. The number of hydrogen-bond donors (Lipinski definition) is 2. The number of hydrogen-bond acceptors (Lipinski definition) is 5. The van der Waals surface area contributed by atoms with Gasteiger partial charge in [0.05, 0.1) is 19.3 Å². The SMILES string of the molecule is CC(C(=O)Nc1cccc(F)c1)N1CCN(C(=O)CC2COCCN2)CC1. The Balaban J connectivity index is 1.44. The number of benzene rings is 1. The maximum Gasteiger partial charge on any atom is 0.241 e. The third-order valence-electron chi connectivity index (χ3n) is 5.11. The van der Waals surface area contributed by atoms with E-state index in [1.54, 1.807) is 12.1 Å². The van der Waals surface area contributed by atoms with Crippen LogP contribution in [0.25, 0.3) is 0 Å². The summed E-state index contributed by atoms with van der Waals surface area (Å²) in [7, 11) is 0. The van der Waals surface area contributed by atoms with E-state index in [1.165, 1.54) is 12.1 Å². The Morgan fingerprint density at radius 2 is 2.11 bits per heavy atom. The highest BCUT2D eigenvalue weighted by Crippen LogP contribution is 2.13. The number of piperazine rings is 1. The highest BCUT2D eigenvalue weighted by molar-refractivity contribution is 5.94. The molecule has 0 saturated carbocycles. The molecule has 2 aliphatic rings. The number of rotatable bonds is 5. The number of nitrogens with one attached hydrogen (secondary N) is 2.